The number of para-hydroxylation sites is 1. The highest BCUT2D eigenvalue weighted by molar-refractivity contribution is 6.10. The first-order chi connectivity index (χ1) is 24.7. The monoisotopic (exact) mass is 641 g/mol. The van der Waals surface area contributed by atoms with E-state index in [0.717, 1.165) is 66.4 Å². The van der Waals surface area contributed by atoms with Gasteiger partial charge in [0.1, 0.15) is 11.2 Å². The summed E-state index contributed by atoms with van der Waals surface area (Å²) in [4.78, 5) is 15.1. The molecule has 2 heterocycles. The molecule has 4 nitrogen and oxygen atoms in total. The van der Waals surface area contributed by atoms with E-state index in [1.54, 1.807) is 0 Å². The van der Waals surface area contributed by atoms with Crippen molar-refractivity contribution in [3.8, 4) is 67.5 Å². The van der Waals surface area contributed by atoms with Crippen molar-refractivity contribution in [2.75, 3.05) is 0 Å². The maximum absolute atomic E-state index is 6.40. The van der Waals surface area contributed by atoms with E-state index >= 15 is 0 Å². The minimum atomic E-state index is 0.620. The predicted molar refractivity (Wildman–Crippen MR) is 204 cm³/mol. The van der Waals surface area contributed by atoms with Crippen molar-refractivity contribution in [2.45, 2.75) is 6.92 Å². The van der Waals surface area contributed by atoms with Crippen LogP contribution in [-0.4, -0.2) is 15.0 Å². The number of rotatable bonds is 6. The SMILES string of the molecule is Cc1ccc2c(oc3ccccc32)c1-c1ccc(-c2nc(-c3ccc(-c4ccccc4)cc3)nc(-c3ccc(-c4ccccc4)cc3)n2)cc1. The highest BCUT2D eigenvalue weighted by atomic mass is 16.3. The number of hydrogen-bond donors (Lipinski definition) is 0. The third kappa shape index (κ3) is 5.43. The second-order valence-electron chi connectivity index (χ2n) is 12.5. The van der Waals surface area contributed by atoms with Gasteiger partial charge in [-0.15, -0.1) is 0 Å². The Morgan fingerprint density at radius 2 is 0.740 bits per heavy atom. The van der Waals surface area contributed by atoms with Crippen LogP contribution in [0.25, 0.3) is 89.5 Å². The zero-order valence-electron chi connectivity index (χ0n) is 27.4. The summed E-state index contributed by atoms with van der Waals surface area (Å²) in [6.07, 6.45) is 0. The van der Waals surface area contributed by atoms with Crippen molar-refractivity contribution in [1.82, 2.24) is 15.0 Å². The van der Waals surface area contributed by atoms with Crippen LogP contribution in [0.4, 0.5) is 0 Å². The zero-order chi connectivity index (χ0) is 33.4. The summed E-state index contributed by atoms with van der Waals surface area (Å²) in [5.74, 6) is 1.88. The molecule has 0 radical (unpaired) electrons. The lowest BCUT2D eigenvalue weighted by molar-refractivity contribution is 0.669. The average Bonchev–Trinajstić information content (AvgIpc) is 3.57. The topological polar surface area (TPSA) is 51.8 Å². The van der Waals surface area contributed by atoms with Crippen LogP contribution < -0.4 is 0 Å². The summed E-state index contributed by atoms with van der Waals surface area (Å²) in [7, 11) is 0. The lowest BCUT2D eigenvalue weighted by Gasteiger charge is -2.11. The van der Waals surface area contributed by atoms with Crippen LogP contribution in [0.15, 0.2) is 174 Å². The van der Waals surface area contributed by atoms with Gasteiger partial charge >= 0.3 is 0 Å². The Balaban J connectivity index is 1.13. The molecular weight excluding hydrogens is 611 g/mol. The quantitative estimate of drug-likeness (QED) is 0.181. The van der Waals surface area contributed by atoms with Crippen LogP contribution in [0.5, 0.6) is 0 Å². The van der Waals surface area contributed by atoms with E-state index in [1.165, 1.54) is 11.1 Å². The van der Waals surface area contributed by atoms with Crippen molar-refractivity contribution in [3.63, 3.8) is 0 Å². The molecular formula is C46H31N3O. The van der Waals surface area contributed by atoms with Crippen LogP contribution in [-0.2, 0) is 0 Å². The third-order valence-electron chi connectivity index (χ3n) is 9.32. The van der Waals surface area contributed by atoms with Crippen LogP contribution in [0.3, 0.4) is 0 Å². The lowest BCUT2D eigenvalue weighted by Crippen LogP contribution is -2.00. The van der Waals surface area contributed by atoms with E-state index in [2.05, 4.69) is 153 Å². The number of benzene rings is 7. The molecule has 0 unspecified atom stereocenters. The third-order valence-corrected chi connectivity index (χ3v) is 9.32. The molecule has 9 aromatic rings. The van der Waals surface area contributed by atoms with Gasteiger partial charge in [0.25, 0.3) is 0 Å². The first kappa shape index (κ1) is 29.5. The Labute approximate surface area is 290 Å². The van der Waals surface area contributed by atoms with E-state index in [-0.39, 0.29) is 0 Å². The second kappa shape index (κ2) is 12.4. The van der Waals surface area contributed by atoms with Gasteiger partial charge in [0.2, 0.25) is 0 Å². The Kier molecular flexibility index (Phi) is 7.33. The number of hydrogen-bond acceptors (Lipinski definition) is 4. The first-order valence-corrected chi connectivity index (χ1v) is 16.8. The Bertz CT molecular complexity index is 2510. The lowest BCUT2D eigenvalue weighted by atomic mass is 9.96. The van der Waals surface area contributed by atoms with E-state index < -0.39 is 0 Å². The summed E-state index contributed by atoms with van der Waals surface area (Å²) in [5, 5.41) is 2.24. The largest absolute Gasteiger partial charge is 0.455 e. The first-order valence-electron chi connectivity index (χ1n) is 16.8. The van der Waals surface area contributed by atoms with E-state index in [4.69, 9.17) is 19.4 Å². The molecule has 4 heteroatoms. The van der Waals surface area contributed by atoms with Crippen LogP contribution in [0.1, 0.15) is 5.56 Å². The summed E-state index contributed by atoms with van der Waals surface area (Å²) in [6.45, 7) is 2.13. The van der Waals surface area contributed by atoms with Gasteiger partial charge in [-0.2, -0.15) is 0 Å². The van der Waals surface area contributed by atoms with Gasteiger partial charge in [0, 0.05) is 33.0 Å². The average molecular weight is 642 g/mol. The summed E-state index contributed by atoms with van der Waals surface area (Å²) < 4.78 is 6.40. The van der Waals surface area contributed by atoms with Crippen molar-refractivity contribution in [1.29, 1.82) is 0 Å². The molecule has 0 saturated heterocycles. The Morgan fingerprint density at radius 1 is 0.340 bits per heavy atom. The molecule has 0 N–H and O–H groups in total. The number of aromatic nitrogens is 3. The minimum Gasteiger partial charge on any atom is -0.455 e. The van der Waals surface area contributed by atoms with Gasteiger partial charge in [-0.3, -0.25) is 0 Å². The minimum absolute atomic E-state index is 0.620. The fourth-order valence-electron chi connectivity index (χ4n) is 6.68. The highest BCUT2D eigenvalue weighted by Gasteiger charge is 2.17. The summed E-state index contributed by atoms with van der Waals surface area (Å²) >= 11 is 0. The molecule has 0 fully saturated rings. The van der Waals surface area contributed by atoms with Crippen LogP contribution >= 0.6 is 0 Å². The molecule has 0 aliphatic heterocycles. The molecule has 236 valence electrons. The number of furan rings is 1. The van der Waals surface area contributed by atoms with Gasteiger partial charge in [-0.25, -0.2) is 15.0 Å². The molecule has 9 rings (SSSR count). The van der Waals surface area contributed by atoms with Crippen molar-refractivity contribution >= 4 is 21.9 Å². The highest BCUT2D eigenvalue weighted by Crippen LogP contribution is 2.38. The summed E-state index contributed by atoms with van der Waals surface area (Å²) in [5.41, 5.74) is 12.5. The molecule has 50 heavy (non-hydrogen) atoms. The molecule has 0 aliphatic carbocycles. The maximum Gasteiger partial charge on any atom is 0.164 e. The molecule has 0 atom stereocenters. The Morgan fingerprint density at radius 3 is 1.24 bits per heavy atom. The van der Waals surface area contributed by atoms with Gasteiger partial charge in [-0.05, 0) is 46.4 Å². The molecule has 0 spiro atoms. The van der Waals surface area contributed by atoms with E-state index in [1.807, 2.05) is 24.3 Å². The summed E-state index contributed by atoms with van der Waals surface area (Å²) in [6, 6.07) is 58.6. The smallest absolute Gasteiger partial charge is 0.164 e. The predicted octanol–water partition coefficient (Wildman–Crippen LogP) is 12.1. The standard InChI is InChI=1S/C46H31N3O/c1-30-16-29-40-39-14-8-9-15-41(39)50-43(40)42(30)35-21-27-38(28-22-35)46-48-44(36-23-17-33(18-24-36)31-10-4-2-5-11-31)47-45(49-46)37-25-19-34(20-26-37)32-12-6-3-7-13-32/h2-29H,1H3. The van der Waals surface area contributed by atoms with Crippen molar-refractivity contribution in [3.05, 3.63) is 175 Å². The van der Waals surface area contributed by atoms with E-state index in [0.29, 0.717) is 17.5 Å². The number of fused-ring (bicyclic) bond motifs is 3. The molecule has 0 saturated carbocycles. The molecule has 2 aromatic heterocycles. The normalized spacial score (nSPS) is 11.3. The molecule has 0 bridgehead atoms. The molecule has 0 amide bonds. The van der Waals surface area contributed by atoms with Gasteiger partial charge in [0.05, 0.1) is 0 Å². The fraction of sp³-hybridized carbons (Fsp3) is 0.0217. The molecule has 7 aromatic carbocycles. The van der Waals surface area contributed by atoms with Gasteiger partial charge in [0.15, 0.2) is 17.5 Å². The fourth-order valence-corrected chi connectivity index (χ4v) is 6.68. The van der Waals surface area contributed by atoms with Crippen LogP contribution in [0.2, 0.25) is 0 Å². The van der Waals surface area contributed by atoms with Crippen LogP contribution in [0, 0.1) is 6.92 Å². The van der Waals surface area contributed by atoms with Gasteiger partial charge in [-0.1, -0.05) is 164 Å². The number of aryl methyl sites for hydroxylation is 1. The number of nitrogens with zero attached hydrogens (tertiary/aromatic N) is 3. The second-order valence-corrected chi connectivity index (χ2v) is 12.5. The van der Waals surface area contributed by atoms with E-state index in [9.17, 15) is 0 Å². The maximum atomic E-state index is 6.40. The Hall–Kier alpha value is -6.65. The van der Waals surface area contributed by atoms with Crippen molar-refractivity contribution < 1.29 is 4.42 Å². The van der Waals surface area contributed by atoms with Gasteiger partial charge < -0.3 is 4.42 Å². The van der Waals surface area contributed by atoms with Crippen molar-refractivity contribution in [2.24, 2.45) is 0 Å². The zero-order valence-corrected chi connectivity index (χ0v) is 27.4. The molecule has 0 aliphatic rings.